The second kappa shape index (κ2) is 5.58. The van der Waals surface area contributed by atoms with Crippen molar-refractivity contribution in [2.24, 2.45) is 11.8 Å². The van der Waals surface area contributed by atoms with Crippen molar-refractivity contribution in [2.75, 3.05) is 11.9 Å². The van der Waals surface area contributed by atoms with Gasteiger partial charge in [0.15, 0.2) is 0 Å². The maximum Gasteiger partial charge on any atom is 0.222 e. The van der Waals surface area contributed by atoms with Gasteiger partial charge in [-0.3, -0.25) is 4.79 Å². The number of hydrogen-bond acceptors (Lipinski definition) is 1. The van der Waals surface area contributed by atoms with Gasteiger partial charge in [-0.05, 0) is 5.92 Å². The molecule has 0 aromatic rings. The first kappa shape index (κ1) is 11.0. The Hall–Kier alpha value is -0.0500. The molecule has 3 heteroatoms. The Bertz CT molecular complexity index is 125. The van der Waals surface area contributed by atoms with E-state index in [0.717, 1.165) is 11.9 Å². The van der Waals surface area contributed by atoms with Crippen LogP contribution in [0.5, 0.6) is 0 Å². The largest absolute Gasteiger partial charge is 0.356 e. The smallest absolute Gasteiger partial charge is 0.222 e. The fourth-order valence-corrected chi connectivity index (χ4v) is 0.762. The highest BCUT2D eigenvalue weighted by atomic mass is 79.9. The average Bonchev–Trinajstić information content (AvgIpc) is 1.99. The molecule has 1 unspecified atom stereocenters. The van der Waals surface area contributed by atoms with Crippen LogP contribution in [0.1, 0.15) is 20.8 Å². The van der Waals surface area contributed by atoms with E-state index in [1.807, 2.05) is 13.8 Å². The lowest BCUT2D eigenvalue weighted by Gasteiger charge is -2.10. The highest BCUT2D eigenvalue weighted by Crippen LogP contribution is 1.98. The SMILES string of the molecule is CC(CBr)CNC(=O)C(C)C. The number of hydrogen-bond donors (Lipinski definition) is 1. The first-order valence-electron chi connectivity index (χ1n) is 3.91. The Morgan fingerprint density at radius 2 is 2.00 bits per heavy atom. The van der Waals surface area contributed by atoms with Gasteiger partial charge in [0.2, 0.25) is 5.91 Å². The Morgan fingerprint density at radius 3 is 2.36 bits per heavy atom. The van der Waals surface area contributed by atoms with Crippen molar-refractivity contribution in [3.8, 4) is 0 Å². The van der Waals surface area contributed by atoms with Crippen LogP contribution in [0.3, 0.4) is 0 Å². The molecule has 1 N–H and O–H groups in total. The molecule has 1 atom stereocenters. The molecule has 0 aromatic carbocycles. The summed E-state index contributed by atoms with van der Waals surface area (Å²) in [7, 11) is 0. The van der Waals surface area contributed by atoms with Crippen LogP contribution in [-0.4, -0.2) is 17.8 Å². The van der Waals surface area contributed by atoms with Crippen LogP contribution in [-0.2, 0) is 4.79 Å². The van der Waals surface area contributed by atoms with Gasteiger partial charge < -0.3 is 5.32 Å². The molecule has 0 aliphatic rings. The highest BCUT2D eigenvalue weighted by molar-refractivity contribution is 9.09. The summed E-state index contributed by atoms with van der Waals surface area (Å²) < 4.78 is 0. The molecule has 0 heterocycles. The third-order valence-corrected chi connectivity index (χ3v) is 2.52. The van der Waals surface area contributed by atoms with Crippen molar-refractivity contribution in [3.63, 3.8) is 0 Å². The minimum atomic E-state index is 0.0949. The van der Waals surface area contributed by atoms with Gasteiger partial charge in [-0.1, -0.05) is 36.7 Å². The molecule has 0 radical (unpaired) electrons. The van der Waals surface area contributed by atoms with Gasteiger partial charge in [0.1, 0.15) is 0 Å². The number of amides is 1. The lowest BCUT2D eigenvalue weighted by atomic mass is 10.2. The van der Waals surface area contributed by atoms with Crippen molar-refractivity contribution in [2.45, 2.75) is 20.8 Å². The number of carbonyl (C=O) groups excluding carboxylic acids is 1. The summed E-state index contributed by atoms with van der Waals surface area (Å²) in [5, 5.41) is 3.80. The summed E-state index contributed by atoms with van der Waals surface area (Å²) >= 11 is 3.35. The number of alkyl halides is 1. The molecule has 66 valence electrons. The monoisotopic (exact) mass is 221 g/mol. The molecule has 0 bridgehead atoms. The standard InChI is InChI=1S/C8H16BrNO/c1-6(2)8(11)10-5-7(3)4-9/h6-7H,4-5H2,1-3H3,(H,10,11). The van der Waals surface area contributed by atoms with E-state index in [-0.39, 0.29) is 11.8 Å². The molecule has 0 fully saturated rings. The summed E-state index contributed by atoms with van der Waals surface area (Å²) in [5.41, 5.74) is 0. The molecule has 2 nitrogen and oxygen atoms in total. The Labute approximate surface area is 76.9 Å². The third kappa shape index (κ3) is 5.24. The van der Waals surface area contributed by atoms with E-state index in [2.05, 4.69) is 28.2 Å². The van der Waals surface area contributed by atoms with Gasteiger partial charge >= 0.3 is 0 Å². The van der Waals surface area contributed by atoms with Crippen LogP contribution in [0.15, 0.2) is 0 Å². The second-order valence-corrected chi connectivity index (χ2v) is 3.81. The van der Waals surface area contributed by atoms with Crippen molar-refractivity contribution < 1.29 is 4.79 Å². The Kier molecular flexibility index (Phi) is 5.56. The van der Waals surface area contributed by atoms with E-state index in [1.54, 1.807) is 0 Å². The van der Waals surface area contributed by atoms with Crippen LogP contribution < -0.4 is 5.32 Å². The molecule has 0 aromatic heterocycles. The zero-order chi connectivity index (χ0) is 8.85. The third-order valence-electron chi connectivity index (χ3n) is 1.41. The molecular formula is C8H16BrNO. The highest BCUT2D eigenvalue weighted by Gasteiger charge is 2.07. The topological polar surface area (TPSA) is 29.1 Å². The van der Waals surface area contributed by atoms with Crippen LogP contribution in [0, 0.1) is 11.8 Å². The summed E-state index contributed by atoms with van der Waals surface area (Å²) in [5.74, 6) is 0.744. The van der Waals surface area contributed by atoms with Gasteiger partial charge in [0.05, 0.1) is 0 Å². The molecule has 11 heavy (non-hydrogen) atoms. The Morgan fingerprint density at radius 1 is 1.45 bits per heavy atom. The summed E-state index contributed by atoms with van der Waals surface area (Å²) in [6, 6.07) is 0. The van der Waals surface area contributed by atoms with Crippen molar-refractivity contribution in [1.82, 2.24) is 5.32 Å². The van der Waals surface area contributed by atoms with Crippen LogP contribution >= 0.6 is 15.9 Å². The normalized spacial score (nSPS) is 13.2. The zero-order valence-electron chi connectivity index (χ0n) is 7.36. The molecule has 0 rings (SSSR count). The first-order valence-corrected chi connectivity index (χ1v) is 5.03. The quantitative estimate of drug-likeness (QED) is 0.722. The number of rotatable bonds is 4. The first-order chi connectivity index (χ1) is 5.07. The van der Waals surface area contributed by atoms with Gasteiger partial charge in [-0.25, -0.2) is 0 Å². The lowest BCUT2D eigenvalue weighted by molar-refractivity contribution is -0.124. The molecule has 0 aliphatic carbocycles. The van der Waals surface area contributed by atoms with Gasteiger partial charge in [-0.15, -0.1) is 0 Å². The van der Waals surface area contributed by atoms with E-state index in [1.165, 1.54) is 0 Å². The predicted octanol–water partition coefficient (Wildman–Crippen LogP) is 1.79. The average molecular weight is 222 g/mol. The van der Waals surface area contributed by atoms with E-state index in [9.17, 15) is 4.79 Å². The predicted molar refractivity (Wildman–Crippen MR) is 50.8 cm³/mol. The summed E-state index contributed by atoms with van der Waals surface area (Å²) in [4.78, 5) is 11.0. The van der Waals surface area contributed by atoms with E-state index >= 15 is 0 Å². The zero-order valence-corrected chi connectivity index (χ0v) is 8.94. The van der Waals surface area contributed by atoms with Crippen molar-refractivity contribution in [3.05, 3.63) is 0 Å². The molecule has 0 aliphatic heterocycles. The van der Waals surface area contributed by atoms with E-state index in [0.29, 0.717) is 5.92 Å². The number of nitrogens with one attached hydrogen (secondary N) is 1. The lowest BCUT2D eigenvalue weighted by Crippen LogP contribution is -2.31. The second-order valence-electron chi connectivity index (χ2n) is 3.16. The van der Waals surface area contributed by atoms with Crippen LogP contribution in [0.2, 0.25) is 0 Å². The molecule has 0 spiro atoms. The van der Waals surface area contributed by atoms with Crippen LogP contribution in [0.25, 0.3) is 0 Å². The maximum absolute atomic E-state index is 11.0. The fourth-order valence-electron chi connectivity index (χ4n) is 0.534. The fraction of sp³-hybridized carbons (Fsp3) is 0.875. The molecule has 1 amide bonds. The van der Waals surface area contributed by atoms with Crippen LogP contribution in [0.4, 0.5) is 0 Å². The number of carbonyl (C=O) groups is 1. The van der Waals surface area contributed by atoms with Gasteiger partial charge in [0.25, 0.3) is 0 Å². The maximum atomic E-state index is 11.0. The van der Waals surface area contributed by atoms with Gasteiger partial charge in [0, 0.05) is 17.8 Å². The minimum absolute atomic E-state index is 0.0949. The number of halogens is 1. The van der Waals surface area contributed by atoms with Gasteiger partial charge in [-0.2, -0.15) is 0 Å². The van der Waals surface area contributed by atoms with E-state index in [4.69, 9.17) is 0 Å². The van der Waals surface area contributed by atoms with Crippen molar-refractivity contribution in [1.29, 1.82) is 0 Å². The molecule has 0 saturated carbocycles. The molecular weight excluding hydrogens is 206 g/mol. The summed E-state index contributed by atoms with van der Waals surface area (Å²) in [6.45, 7) is 6.65. The molecule has 0 saturated heterocycles. The summed E-state index contributed by atoms with van der Waals surface area (Å²) in [6.07, 6.45) is 0. The minimum Gasteiger partial charge on any atom is -0.356 e. The Balaban J connectivity index is 3.46. The van der Waals surface area contributed by atoms with Crippen molar-refractivity contribution >= 4 is 21.8 Å². The van der Waals surface area contributed by atoms with E-state index < -0.39 is 0 Å².